The van der Waals surface area contributed by atoms with E-state index < -0.39 is 10.0 Å². The van der Waals surface area contributed by atoms with Gasteiger partial charge in [-0.3, -0.25) is 4.79 Å². The monoisotopic (exact) mass is 306 g/mol. The predicted molar refractivity (Wildman–Crippen MR) is 81.1 cm³/mol. The number of aromatic nitrogens is 1. The summed E-state index contributed by atoms with van der Waals surface area (Å²) in [5.41, 5.74) is 1.15. The van der Waals surface area contributed by atoms with Gasteiger partial charge >= 0.3 is 0 Å². The highest BCUT2D eigenvalue weighted by Crippen LogP contribution is 2.17. The lowest BCUT2D eigenvalue weighted by atomic mass is 10.2. The van der Waals surface area contributed by atoms with Gasteiger partial charge in [0, 0.05) is 6.20 Å². The maximum atomic E-state index is 12.6. The number of Topliss-reactive ketones (excluding diaryl/α,β-unsaturated/α-hetero) is 1. The number of carbonyl (C=O) groups is 1. The molecule has 1 heterocycles. The molecule has 0 amide bonds. The molecule has 0 aliphatic heterocycles. The van der Waals surface area contributed by atoms with Crippen LogP contribution in [0, 0.1) is 6.92 Å². The van der Waals surface area contributed by atoms with Crippen LogP contribution in [0.3, 0.4) is 0 Å². The zero-order valence-corrected chi connectivity index (χ0v) is 13.1. The molecule has 0 saturated carbocycles. The van der Waals surface area contributed by atoms with E-state index in [9.17, 15) is 13.2 Å². The summed E-state index contributed by atoms with van der Waals surface area (Å²) in [6.07, 6.45) is 1.40. The standard InChI is InChI=1S/C15H18N2O3S/c1-12-6-8-13(9-7-12)21(19,20)17-10-4-5-14(17)15(18)11-16(2)3/h4-10H,11H2,1-3H3. The van der Waals surface area contributed by atoms with Crippen molar-refractivity contribution in [1.29, 1.82) is 0 Å². The third-order valence-electron chi connectivity index (χ3n) is 3.04. The van der Waals surface area contributed by atoms with Crippen molar-refractivity contribution in [1.82, 2.24) is 8.87 Å². The second-order valence-electron chi connectivity index (χ2n) is 5.17. The van der Waals surface area contributed by atoms with E-state index in [-0.39, 0.29) is 22.9 Å². The largest absolute Gasteiger partial charge is 0.302 e. The Balaban J connectivity index is 2.45. The van der Waals surface area contributed by atoms with Crippen LogP contribution in [-0.4, -0.2) is 43.7 Å². The maximum Gasteiger partial charge on any atom is 0.268 e. The lowest BCUT2D eigenvalue weighted by Gasteiger charge is -2.12. The van der Waals surface area contributed by atoms with Gasteiger partial charge in [0.2, 0.25) is 0 Å². The van der Waals surface area contributed by atoms with Gasteiger partial charge < -0.3 is 4.90 Å². The fourth-order valence-corrected chi connectivity index (χ4v) is 3.34. The quantitative estimate of drug-likeness (QED) is 0.790. The molecule has 2 aromatic rings. The molecule has 0 spiro atoms. The van der Waals surface area contributed by atoms with Gasteiger partial charge in [0.05, 0.1) is 11.4 Å². The molecule has 5 nitrogen and oxygen atoms in total. The van der Waals surface area contributed by atoms with Crippen molar-refractivity contribution in [2.75, 3.05) is 20.6 Å². The Kier molecular flexibility index (Phi) is 4.29. The number of aryl methyl sites for hydroxylation is 1. The molecule has 0 N–H and O–H groups in total. The van der Waals surface area contributed by atoms with Crippen molar-refractivity contribution in [3.63, 3.8) is 0 Å². The van der Waals surface area contributed by atoms with Crippen molar-refractivity contribution >= 4 is 15.8 Å². The second-order valence-corrected chi connectivity index (χ2v) is 6.98. The Morgan fingerprint density at radius 1 is 1.14 bits per heavy atom. The highest BCUT2D eigenvalue weighted by molar-refractivity contribution is 7.90. The summed E-state index contributed by atoms with van der Waals surface area (Å²) in [6, 6.07) is 9.65. The summed E-state index contributed by atoms with van der Waals surface area (Å²) in [5, 5.41) is 0. The Bertz CT molecular complexity index is 743. The van der Waals surface area contributed by atoms with Crippen molar-refractivity contribution in [2.24, 2.45) is 0 Å². The minimum Gasteiger partial charge on any atom is -0.302 e. The van der Waals surface area contributed by atoms with Crippen molar-refractivity contribution < 1.29 is 13.2 Å². The molecule has 112 valence electrons. The van der Waals surface area contributed by atoms with Crippen molar-refractivity contribution in [3.05, 3.63) is 53.9 Å². The zero-order valence-electron chi connectivity index (χ0n) is 12.3. The molecule has 0 radical (unpaired) electrons. The van der Waals surface area contributed by atoms with Crippen LogP contribution in [0.4, 0.5) is 0 Å². The average Bonchev–Trinajstić information content (AvgIpc) is 2.88. The average molecular weight is 306 g/mol. The Hall–Kier alpha value is -1.92. The first-order chi connectivity index (χ1) is 9.82. The van der Waals surface area contributed by atoms with Gasteiger partial charge in [0.15, 0.2) is 5.78 Å². The van der Waals surface area contributed by atoms with E-state index in [1.54, 1.807) is 49.3 Å². The van der Waals surface area contributed by atoms with Crippen molar-refractivity contribution in [3.8, 4) is 0 Å². The van der Waals surface area contributed by atoms with Gasteiger partial charge in [0.1, 0.15) is 5.69 Å². The number of benzene rings is 1. The molecular weight excluding hydrogens is 288 g/mol. The summed E-state index contributed by atoms with van der Waals surface area (Å²) in [5.74, 6) is -0.235. The second kappa shape index (κ2) is 5.83. The van der Waals surface area contributed by atoms with E-state index in [2.05, 4.69) is 0 Å². The van der Waals surface area contributed by atoms with Gasteiger partial charge in [-0.15, -0.1) is 0 Å². The number of hydrogen-bond acceptors (Lipinski definition) is 4. The van der Waals surface area contributed by atoms with Gasteiger partial charge in [-0.2, -0.15) is 0 Å². The first-order valence-electron chi connectivity index (χ1n) is 6.50. The molecule has 0 aliphatic carbocycles. The molecule has 0 aliphatic rings. The summed E-state index contributed by atoms with van der Waals surface area (Å²) in [7, 11) is -0.219. The predicted octanol–water partition coefficient (Wildman–Crippen LogP) is 1.78. The molecule has 0 unspecified atom stereocenters. The Morgan fingerprint density at radius 3 is 2.33 bits per heavy atom. The molecule has 0 saturated heterocycles. The number of ketones is 1. The van der Waals surface area contributed by atoms with E-state index in [0.29, 0.717) is 0 Å². The Morgan fingerprint density at radius 2 is 1.76 bits per heavy atom. The smallest absolute Gasteiger partial charge is 0.268 e. The van der Waals surface area contributed by atoms with E-state index in [0.717, 1.165) is 9.54 Å². The van der Waals surface area contributed by atoms with E-state index >= 15 is 0 Å². The van der Waals surface area contributed by atoms with Crippen LogP contribution in [0.5, 0.6) is 0 Å². The number of rotatable bonds is 5. The van der Waals surface area contributed by atoms with Crippen LogP contribution >= 0.6 is 0 Å². The number of hydrogen-bond donors (Lipinski definition) is 0. The number of carbonyl (C=O) groups excluding carboxylic acids is 1. The third kappa shape index (κ3) is 3.22. The highest BCUT2D eigenvalue weighted by Gasteiger charge is 2.22. The molecule has 0 fully saturated rings. The molecule has 6 heteroatoms. The first-order valence-corrected chi connectivity index (χ1v) is 7.94. The number of likely N-dealkylation sites (N-methyl/N-ethyl adjacent to an activating group) is 1. The summed E-state index contributed by atoms with van der Waals surface area (Å²) < 4.78 is 26.3. The summed E-state index contributed by atoms with van der Waals surface area (Å²) in [4.78, 5) is 14.0. The van der Waals surface area contributed by atoms with Gasteiger partial charge in [-0.1, -0.05) is 17.7 Å². The van der Waals surface area contributed by atoms with Gasteiger partial charge in [0.25, 0.3) is 10.0 Å². The lowest BCUT2D eigenvalue weighted by Crippen LogP contribution is -2.25. The fourth-order valence-electron chi connectivity index (χ4n) is 1.98. The van der Waals surface area contributed by atoms with Crippen LogP contribution in [0.1, 0.15) is 16.1 Å². The minimum atomic E-state index is -3.75. The molecular formula is C15H18N2O3S. The third-order valence-corrected chi connectivity index (χ3v) is 4.74. The fraction of sp³-hybridized carbons (Fsp3) is 0.267. The van der Waals surface area contributed by atoms with Crippen molar-refractivity contribution in [2.45, 2.75) is 11.8 Å². The zero-order chi connectivity index (χ0) is 15.6. The molecule has 2 rings (SSSR count). The van der Waals surface area contributed by atoms with E-state index in [1.165, 1.54) is 12.3 Å². The summed E-state index contributed by atoms with van der Waals surface area (Å²) in [6.45, 7) is 2.05. The van der Waals surface area contributed by atoms with Crippen LogP contribution in [0.15, 0.2) is 47.5 Å². The molecule has 0 bridgehead atoms. The van der Waals surface area contributed by atoms with Crippen LogP contribution in [0.2, 0.25) is 0 Å². The van der Waals surface area contributed by atoms with E-state index in [1.807, 2.05) is 6.92 Å². The topological polar surface area (TPSA) is 59.4 Å². The normalized spacial score (nSPS) is 11.8. The molecule has 0 atom stereocenters. The molecule has 1 aromatic carbocycles. The van der Waals surface area contributed by atoms with Crippen LogP contribution < -0.4 is 0 Å². The van der Waals surface area contributed by atoms with Gasteiger partial charge in [-0.25, -0.2) is 12.4 Å². The lowest BCUT2D eigenvalue weighted by molar-refractivity contribution is 0.0952. The van der Waals surface area contributed by atoms with Crippen LogP contribution in [-0.2, 0) is 10.0 Å². The maximum absolute atomic E-state index is 12.6. The van der Waals surface area contributed by atoms with E-state index in [4.69, 9.17) is 0 Å². The number of nitrogens with zero attached hydrogens (tertiary/aromatic N) is 2. The first kappa shape index (κ1) is 15.5. The van der Waals surface area contributed by atoms with Gasteiger partial charge in [-0.05, 0) is 45.3 Å². The summed E-state index contributed by atoms with van der Waals surface area (Å²) >= 11 is 0. The Labute approximate surface area is 124 Å². The van der Waals surface area contributed by atoms with Crippen LogP contribution in [0.25, 0.3) is 0 Å². The molecule has 1 aromatic heterocycles. The SMILES string of the molecule is Cc1ccc(S(=O)(=O)n2cccc2C(=O)CN(C)C)cc1. The highest BCUT2D eigenvalue weighted by atomic mass is 32.2. The minimum absolute atomic E-state index is 0.160. The molecule has 21 heavy (non-hydrogen) atoms.